The van der Waals surface area contributed by atoms with Gasteiger partial charge in [0.25, 0.3) is 5.91 Å². The summed E-state index contributed by atoms with van der Waals surface area (Å²) >= 11 is 1.56. The maximum atomic E-state index is 12.8. The number of hydrogen-bond donors (Lipinski definition) is 1. The van der Waals surface area contributed by atoms with Crippen molar-refractivity contribution in [2.45, 2.75) is 38.4 Å². The van der Waals surface area contributed by atoms with Crippen LogP contribution in [0.1, 0.15) is 34.6 Å². The molecule has 0 bridgehead atoms. The molecule has 1 aliphatic rings. The van der Waals surface area contributed by atoms with Gasteiger partial charge in [0.05, 0.1) is 22.3 Å². The number of aromatic nitrogens is 5. The van der Waals surface area contributed by atoms with Crippen LogP contribution in [-0.2, 0) is 19.5 Å². The normalized spacial score (nSPS) is 16.2. The largest absolute Gasteiger partial charge is 0.349 e. The van der Waals surface area contributed by atoms with Crippen molar-refractivity contribution >= 4 is 27.5 Å². The molecule has 1 amide bonds. The molecule has 0 radical (unpaired) electrons. The molecule has 9 heteroatoms. The lowest BCUT2D eigenvalue weighted by Crippen LogP contribution is -2.35. The number of pyridine rings is 1. The first-order valence-electron chi connectivity index (χ1n) is 9.87. The van der Waals surface area contributed by atoms with E-state index in [1.165, 1.54) is 4.68 Å². The fourth-order valence-corrected chi connectivity index (χ4v) is 4.47. The average molecular weight is 420 g/mol. The van der Waals surface area contributed by atoms with Crippen LogP contribution in [0.2, 0.25) is 0 Å². The van der Waals surface area contributed by atoms with Crippen molar-refractivity contribution in [2.75, 3.05) is 0 Å². The van der Waals surface area contributed by atoms with Gasteiger partial charge in [-0.2, -0.15) is 5.10 Å². The summed E-state index contributed by atoms with van der Waals surface area (Å²) in [7, 11) is 0. The molecule has 5 rings (SSSR count). The van der Waals surface area contributed by atoms with Gasteiger partial charge in [-0.25, -0.2) is 14.5 Å². The lowest BCUT2D eigenvalue weighted by atomic mass is 10.1. The summed E-state index contributed by atoms with van der Waals surface area (Å²) in [5.41, 5.74) is 4.04. The van der Waals surface area contributed by atoms with E-state index in [1.807, 2.05) is 30.3 Å². The van der Waals surface area contributed by atoms with E-state index in [1.54, 1.807) is 33.8 Å². The third-order valence-corrected chi connectivity index (χ3v) is 6.21. The molecule has 1 aliphatic heterocycles. The Morgan fingerprint density at radius 1 is 1.27 bits per heavy atom. The number of hydrogen-bond acceptors (Lipinski definition) is 6. The van der Waals surface area contributed by atoms with Crippen LogP contribution < -0.4 is 11.0 Å². The molecular weight excluding hydrogens is 400 g/mol. The van der Waals surface area contributed by atoms with E-state index in [-0.39, 0.29) is 17.6 Å². The summed E-state index contributed by atoms with van der Waals surface area (Å²) in [5.74, 6) is 0.660. The maximum Gasteiger partial charge on any atom is 0.346 e. The molecule has 1 atom stereocenters. The smallest absolute Gasteiger partial charge is 0.346 e. The first-order chi connectivity index (χ1) is 14.7. The molecule has 8 nitrogen and oxygen atoms in total. The summed E-state index contributed by atoms with van der Waals surface area (Å²) in [5, 5.41) is 7.63. The summed E-state index contributed by atoms with van der Waals surface area (Å²) in [6.07, 6.45) is 5.53. The fourth-order valence-electron chi connectivity index (χ4n) is 3.81. The molecule has 0 spiro atoms. The molecule has 0 fully saturated rings. The molecular formula is C21H20N6O2S. The molecule has 4 aromatic rings. The zero-order valence-electron chi connectivity index (χ0n) is 16.2. The molecule has 4 heterocycles. The van der Waals surface area contributed by atoms with Crippen molar-refractivity contribution in [3.63, 3.8) is 0 Å². The van der Waals surface area contributed by atoms with Gasteiger partial charge in [0.15, 0.2) is 0 Å². The average Bonchev–Trinajstić information content (AvgIpc) is 3.29. The molecule has 30 heavy (non-hydrogen) atoms. The van der Waals surface area contributed by atoms with Crippen molar-refractivity contribution < 1.29 is 4.79 Å². The quantitative estimate of drug-likeness (QED) is 0.546. The number of amides is 1. The Bertz CT molecular complexity index is 1260. The Hall–Kier alpha value is -3.33. The number of benzene rings is 1. The van der Waals surface area contributed by atoms with Crippen LogP contribution in [0.15, 0.2) is 53.0 Å². The summed E-state index contributed by atoms with van der Waals surface area (Å²) in [4.78, 5) is 33.8. The topological polar surface area (TPSA) is 94.7 Å². The molecule has 1 aromatic carbocycles. The van der Waals surface area contributed by atoms with E-state index in [0.29, 0.717) is 31.5 Å². The van der Waals surface area contributed by atoms with Crippen LogP contribution in [-0.4, -0.2) is 36.3 Å². The predicted octanol–water partition coefficient (Wildman–Crippen LogP) is 2.23. The van der Waals surface area contributed by atoms with Gasteiger partial charge in [0.1, 0.15) is 5.82 Å². The van der Waals surface area contributed by atoms with Gasteiger partial charge in [-0.3, -0.25) is 14.3 Å². The van der Waals surface area contributed by atoms with E-state index in [0.717, 1.165) is 28.0 Å². The van der Waals surface area contributed by atoms with Gasteiger partial charge < -0.3 is 5.32 Å². The monoisotopic (exact) mass is 420 g/mol. The lowest BCUT2D eigenvalue weighted by molar-refractivity contribution is 0.0933. The number of thiazole rings is 1. The highest BCUT2D eigenvalue weighted by Crippen LogP contribution is 2.19. The number of nitrogens with zero attached hydrogens (tertiary/aromatic N) is 5. The minimum atomic E-state index is -0.116. The summed E-state index contributed by atoms with van der Waals surface area (Å²) < 4.78 is 4.28. The zero-order valence-corrected chi connectivity index (χ0v) is 17.0. The second kappa shape index (κ2) is 7.83. The van der Waals surface area contributed by atoms with Gasteiger partial charge in [-0.1, -0.05) is 6.07 Å². The fraction of sp³-hybridized carbons (Fsp3) is 0.286. The van der Waals surface area contributed by atoms with E-state index in [9.17, 15) is 9.59 Å². The van der Waals surface area contributed by atoms with Crippen LogP contribution in [0, 0.1) is 0 Å². The predicted molar refractivity (Wildman–Crippen MR) is 114 cm³/mol. The van der Waals surface area contributed by atoms with Gasteiger partial charge in [0.2, 0.25) is 0 Å². The van der Waals surface area contributed by atoms with Gasteiger partial charge in [0, 0.05) is 37.0 Å². The van der Waals surface area contributed by atoms with Crippen molar-refractivity contribution in [2.24, 2.45) is 0 Å². The number of rotatable bonds is 4. The first kappa shape index (κ1) is 18.7. The van der Waals surface area contributed by atoms with Crippen molar-refractivity contribution in [3.8, 4) is 0 Å². The van der Waals surface area contributed by atoms with E-state index in [4.69, 9.17) is 0 Å². The summed E-state index contributed by atoms with van der Waals surface area (Å²) in [6, 6.07) is 9.35. The van der Waals surface area contributed by atoms with E-state index >= 15 is 0 Å². The minimum absolute atomic E-state index is 0.00324. The number of nitrogens with one attached hydrogen (secondary N) is 1. The van der Waals surface area contributed by atoms with E-state index < -0.39 is 0 Å². The molecule has 3 aromatic heterocycles. The third kappa shape index (κ3) is 3.63. The number of carbonyl (C=O) groups is 1. The Balaban J connectivity index is 1.27. The minimum Gasteiger partial charge on any atom is -0.349 e. The summed E-state index contributed by atoms with van der Waals surface area (Å²) in [6.45, 7) is 0.948. The van der Waals surface area contributed by atoms with E-state index in [2.05, 4.69) is 20.4 Å². The molecule has 1 unspecified atom stereocenters. The van der Waals surface area contributed by atoms with Crippen LogP contribution in [0.25, 0.3) is 10.2 Å². The van der Waals surface area contributed by atoms with Crippen molar-refractivity contribution in [3.05, 3.63) is 75.7 Å². The standard InChI is InChI=1S/C21H20N6O2S/c28-20(15-3-5-18-17(10-15)23-13-30-18)24-16-4-6-19-25-27(21(29)26(19)9-7-16)12-14-2-1-8-22-11-14/h1-3,5,8,10-11,13,16H,4,6-7,9,12H2,(H,24,28). The number of carbonyl (C=O) groups excluding carboxylic acids is 1. The highest BCUT2D eigenvalue weighted by Gasteiger charge is 2.22. The van der Waals surface area contributed by atoms with Crippen LogP contribution in [0.4, 0.5) is 0 Å². The lowest BCUT2D eigenvalue weighted by Gasteiger charge is -2.16. The second-order valence-corrected chi connectivity index (χ2v) is 8.29. The molecule has 0 saturated carbocycles. The second-order valence-electron chi connectivity index (χ2n) is 7.40. The van der Waals surface area contributed by atoms with Gasteiger partial charge >= 0.3 is 5.69 Å². The highest BCUT2D eigenvalue weighted by atomic mass is 32.1. The Kier molecular flexibility index (Phi) is 4.88. The molecule has 0 saturated heterocycles. The molecule has 152 valence electrons. The molecule has 0 aliphatic carbocycles. The zero-order chi connectivity index (χ0) is 20.5. The highest BCUT2D eigenvalue weighted by molar-refractivity contribution is 7.16. The van der Waals surface area contributed by atoms with Gasteiger partial charge in [-0.05, 0) is 42.7 Å². The van der Waals surface area contributed by atoms with Gasteiger partial charge in [-0.15, -0.1) is 11.3 Å². The van der Waals surface area contributed by atoms with Crippen LogP contribution >= 0.6 is 11.3 Å². The first-order valence-corrected chi connectivity index (χ1v) is 10.7. The maximum absolute atomic E-state index is 12.8. The Labute approximate surface area is 176 Å². The molecule has 1 N–H and O–H groups in total. The van der Waals surface area contributed by atoms with Crippen LogP contribution in [0.3, 0.4) is 0 Å². The Morgan fingerprint density at radius 2 is 2.20 bits per heavy atom. The number of aryl methyl sites for hydroxylation is 1. The van der Waals surface area contributed by atoms with Crippen LogP contribution in [0.5, 0.6) is 0 Å². The van der Waals surface area contributed by atoms with Crippen molar-refractivity contribution in [1.82, 2.24) is 29.6 Å². The number of fused-ring (bicyclic) bond motifs is 2. The van der Waals surface area contributed by atoms with Crippen molar-refractivity contribution in [1.29, 1.82) is 0 Å². The third-order valence-electron chi connectivity index (χ3n) is 5.40. The Morgan fingerprint density at radius 3 is 3.07 bits per heavy atom. The SMILES string of the molecule is O=C(NC1CCc2nn(Cc3cccnc3)c(=O)n2CC1)c1ccc2scnc2c1.